The monoisotopic (exact) mass is 320 g/mol. The van der Waals surface area contributed by atoms with Gasteiger partial charge in [0.25, 0.3) is 0 Å². The molecule has 0 aliphatic heterocycles. The van der Waals surface area contributed by atoms with Gasteiger partial charge in [-0.15, -0.1) is 11.3 Å². The molecule has 0 saturated heterocycles. The molecule has 0 aliphatic carbocycles. The summed E-state index contributed by atoms with van der Waals surface area (Å²) in [5, 5.41) is 4.47. The minimum atomic E-state index is 0.843. The number of fused-ring (bicyclic) bond motifs is 1. The van der Waals surface area contributed by atoms with Gasteiger partial charge in [0.05, 0.1) is 21.4 Å². The van der Waals surface area contributed by atoms with Crippen LogP contribution in [0, 0.1) is 20.8 Å². The van der Waals surface area contributed by atoms with Gasteiger partial charge in [-0.2, -0.15) is 5.10 Å². The van der Waals surface area contributed by atoms with Crippen LogP contribution in [0.1, 0.15) is 16.7 Å². The van der Waals surface area contributed by atoms with Crippen molar-refractivity contribution in [1.82, 2.24) is 19.7 Å². The second-order valence-electron chi connectivity index (χ2n) is 5.78. The Morgan fingerprint density at radius 3 is 2.52 bits per heavy atom. The summed E-state index contributed by atoms with van der Waals surface area (Å²) in [4.78, 5) is 8.89. The maximum Gasteiger partial charge on any atom is 0.163 e. The van der Waals surface area contributed by atoms with Gasteiger partial charge in [-0.25, -0.2) is 14.6 Å². The summed E-state index contributed by atoms with van der Waals surface area (Å²) in [6.45, 7) is 6.34. The molecule has 0 radical (unpaired) electrons. The molecule has 4 nitrogen and oxygen atoms in total. The molecular formula is C18H16N4S. The molecule has 0 unspecified atom stereocenters. The maximum absolute atomic E-state index is 4.49. The number of thiazole rings is 1. The van der Waals surface area contributed by atoms with Gasteiger partial charge in [-0.1, -0.05) is 17.7 Å². The van der Waals surface area contributed by atoms with Crippen LogP contribution >= 0.6 is 11.3 Å². The second kappa shape index (κ2) is 5.28. The SMILES string of the molecule is Cc1cc(C)c(-n2ncnc2-c2ccc3scnc3c2)c(C)c1. The zero-order chi connectivity index (χ0) is 16.0. The standard InChI is InChI=1S/C18H16N4S/c1-11-6-12(2)17(13(3)7-11)22-18(19-9-21-22)14-4-5-16-15(8-14)20-10-23-16/h4-10H,1-3H3. The van der Waals surface area contributed by atoms with Gasteiger partial charge in [0.2, 0.25) is 0 Å². The highest BCUT2D eigenvalue weighted by molar-refractivity contribution is 7.16. The zero-order valence-corrected chi connectivity index (χ0v) is 14.1. The van der Waals surface area contributed by atoms with Crippen LogP contribution < -0.4 is 0 Å². The van der Waals surface area contributed by atoms with Gasteiger partial charge in [-0.3, -0.25) is 0 Å². The normalized spacial score (nSPS) is 11.3. The first-order valence-corrected chi connectivity index (χ1v) is 8.33. The third-order valence-electron chi connectivity index (χ3n) is 3.98. The van der Waals surface area contributed by atoms with Gasteiger partial charge in [0.15, 0.2) is 5.82 Å². The van der Waals surface area contributed by atoms with Crippen LogP contribution in [-0.4, -0.2) is 19.7 Å². The average molecular weight is 320 g/mol. The fourth-order valence-electron chi connectivity index (χ4n) is 3.11. The van der Waals surface area contributed by atoms with Crippen LogP contribution in [0.15, 0.2) is 42.2 Å². The van der Waals surface area contributed by atoms with Crippen molar-refractivity contribution in [2.45, 2.75) is 20.8 Å². The first-order chi connectivity index (χ1) is 11.1. The molecule has 4 rings (SSSR count). The van der Waals surface area contributed by atoms with Gasteiger partial charge >= 0.3 is 0 Å². The predicted molar refractivity (Wildman–Crippen MR) is 94.2 cm³/mol. The fraction of sp³-hybridized carbons (Fsp3) is 0.167. The number of aromatic nitrogens is 4. The molecule has 5 heteroatoms. The summed E-state index contributed by atoms with van der Waals surface area (Å²) in [5.74, 6) is 0.843. The molecular weight excluding hydrogens is 304 g/mol. The summed E-state index contributed by atoms with van der Waals surface area (Å²) in [5.41, 5.74) is 8.65. The topological polar surface area (TPSA) is 43.6 Å². The highest BCUT2D eigenvalue weighted by Gasteiger charge is 2.14. The molecule has 0 amide bonds. The van der Waals surface area contributed by atoms with Gasteiger partial charge in [0, 0.05) is 5.56 Å². The Bertz CT molecular complexity index is 990. The molecule has 0 fully saturated rings. The smallest absolute Gasteiger partial charge is 0.163 e. The van der Waals surface area contributed by atoms with Crippen molar-refractivity contribution in [2.24, 2.45) is 0 Å². The highest BCUT2D eigenvalue weighted by Crippen LogP contribution is 2.28. The molecule has 0 bridgehead atoms. The molecule has 23 heavy (non-hydrogen) atoms. The van der Waals surface area contributed by atoms with Crippen molar-refractivity contribution in [1.29, 1.82) is 0 Å². The van der Waals surface area contributed by atoms with Crippen LogP contribution in [0.2, 0.25) is 0 Å². The van der Waals surface area contributed by atoms with Crippen LogP contribution in [0.4, 0.5) is 0 Å². The molecule has 2 aromatic carbocycles. The summed E-state index contributed by atoms with van der Waals surface area (Å²) < 4.78 is 3.11. The number of aryl methyl sites for hydroxylation is 3. The largest absolute Gasteiger partial charge is 0.245 e. The van der Waals surface area contributed by atoms with E-state index in [-0.39, 0.29) is 0 Å². The maximum atomic E-state index is 4.49. The lowest BCUT2D eigenvalue weighted by Crippen LogP contribution is -2.05. The molecule has 0 N–H and O–H groups in total. The molecule has 114 valence electrons. The molecule has 0 aliphatic rings. The van der Waals surface area contributed by atoms with Crippen molar-refractivity contribution < 1.29 is 0 Å². The van der Waals surface area contributed by atoms with Crippen molar-refractivity contribution in [3.05, 3.63) is 58.9 Å². The summed E-state index contributed by atoms with van der Waals surface area (Å²) >= 11 is 1.65. The van der Waals surface area contributed by atoms with E-state index in [1.165, 1.54) is 21.4 Å². The first kappa shape index (κ1) is 14.1. The Balaban J connectivity index is 1.92. The molecule has 0 spiro atoms. The van der Waals surface area contributed by atoms with E-state index in [9.17, 15) is 0 Å². The van der Waals surface area contributed by atoms with E-state index >= 15 is 0 Å². The van der Waals surface area contributed by atoms with Gasteiger partial charge in [-0.05, 0) is 50.1 Å². The number of rotatable bonds is 2. The third kappa shape index (κ3) is 2.33. The molecule has 0 atom stereocenters. The zero-order valence-electron chi connectivity index (χ0n) is 13.2. The van der Waals surface area contributed by atoms with E-state index in [0.717, 1.165) is 22.6 Å². The summed E-state index contributed by atoms with van der Waals surface area (Å²) in [6, 6.07) is 10.6. The van der Waals surface area contributed by atoms with Crippen LogP contribution in [0.3, 0.4) is 0 Å². The molecule has 4 aromatic rings. The number of hydrogen-bond acceptors (Lipinski definition) is 4. The van der Waals surface area contributed by atoms with Crippen LogP contribution in [-0.2, 0) is 0 Å². The quantitative estimate of drug-likeness (QED) is 0.547. The minimum Gasteiger partial charge on any atom is -0.245 e. The average Bonchev–Trinajstić information content (AvgIpc) is 3.13. The highest BCUT2D eigenvalue weighted by atomic mass is 32.1. The number of benzene rings is 2. The van der Waals surface area contributed by atoms with Gasteiger partial charge in [0.1, 0.15) is 6.33 Å². The lowest BCUT2D eigenvalue weighted by molar-refractivity contribution is 0.870. The Morgan fingerprint density at radius 2 is 1.74 bits per heavy atom. The fourth-order valence-corrected chi connectivity index (χ4v) is 3.76. The van der Waals surface area contributed by atoms with Crippen molar-refractivity contribution >= 4 is 21.6 Å². The number of hydrogen-bond donors (Lipinski definition) is 0. The van der Waals surface area contributed by atoms with Gasteiger partial charge < -0.3 is 0 Å². The van der Waals surface area contributed by atoms with E-state index in [0.29, 0.717) is 0 Å². The summed E-state index contributed by atoms with van der Waals surface area (Å²) in [7, 11) is 0. The lowest BCUT2D eigenvalue weighted by atomic mass is 10.0. The van der Waals surface area contributed by atoms with E-state index < -0.39 is 0 Å². The van der Waals surface area contributed by atoms with Crippen molar-refractivity contribution in [3.8, 4) is 17.1 Å². The van der Waals surface area contributed by atoms with E-state index in [1.54, 1.807) is 17.7 Å². The summed E-state index contributed by atoms with van der Waals surface area (Å²) in [6.07, 6.45) is 1.61. The van der Waals surface area contributed by atoms with E-state index in [4.69, 9.17) is 0 Å². The molecule has 2 heterocycles. The van der Waals surface area contributed by atoms with Crippen LogP contribution in [0.25, 0.3) is 27.3 Å². The third-order valence-corrected chi connectivity index (χ3v) is 4.79. The molecule has 0 saturated carbocycles. The Hall–Kier alpha value is -2.53. The minimum absolute atomic E-state index is 0.843. The Kier molecular flexibility index (Phi) is 3.23. The van der Waals surface area contributed by atoms with Crippen molar-refractivity contribution in [3.63, 3.8) is 0 Å². The number of nitrogens with zero attached hydrogens (tertiary/aromatic N) is 4. The van der Waals surface area contributed by atoms with Crippen molar-refractivity contribution in [2.75, 3.05) is 0 Å². The molecule has 2 aromatic heterocycles. The first-order valence-electron chi connectivity index (χ1n) is 7.45. The second-order valence-corrected chi connectivity index (χ2v) is 6.66. The van der Waals surface area contributed by atoms with Crippen LogP contribution in [0.5, 0.6) is 0 Å². The predicted octanol–water partition coefficient (Wildman–Crippen LogP) is 4.47. The van der Waals surface area contributed by atoms with E-state index in [2.05, 4.69) is 66.2 Å². The lowest BCUT2D eigenvalue weighted by Gasteiger charge is -2.13. The van der Waals surface area contributed by atoms with E-state index in [1.807, 2.05) is 10.2 Å². The Labute approximate surface area is 138 Å². The Morgan fingerprint density at radius 1 is 0.957 bits per heavy atom.